The molecule has 7 nitrogen and oxygen atoms in total. The van der Waals surface area contributed by atoms with Crippen LogP contribution >= 0.6 is 12.2 Å². The Hall–Kier alpha value is -2.06. The molecule has 0 spiro atoms. The first-order valence-electron chi connectivity index (χ1n) is 6.55. The highest BCUT2D eigenvalue weighted by Crippen LogP contribution is 2.36. The van der Waals surface area contributed by atoms with E-state index in [4.69, 9.17) is 26.4 Å². The molecule has 0 aliphatic heterocycles. The lowest BCUT2D eigenvalue weighted by atomic mass is 10.2. The molecule has 0 amide bonds. The van der Waals surface area contributed by atoms with Gasteiger partial charge in [0.05, 0.1) is 27.0 Å². The van der Waals surface area contributed by atoms with Crippen molar-refractivity contribution in [1.82, 2.24) is 10.7 Å². The van der Waals surface area contributed by atoms with Crippen LogP contribution < -0.4 is 20.2 Å². The van der Waals surface area contributed by atoms with Gasteiger partial charge in [0.15, 0.2) is 16.6 Å². The van der Waals surface area contributed by atoms with Crippen LogP contribution in [0.1, 0.15) is 12.5 Å². The Morgan fingerprint density at radius 1 is 1.32 bits per heavy atom. The summed E-state index contributed by atoms with van der Waals surface area (Å²) in [5.74, 6) is 0.547. The van der Waals surface area contributed by atoms with E-state index in [1.807, 2.05) is 6.92 Å². The van der Waals surface area contributed by atoms with E-state index in [0.29, 0.717) is 28.8 Å². The van der Waals surface area contributed by atoms with Crippen molar-refractivity contribution >= 4 is 23.5 Å². The second-order valence-electron chi connectivity index (χ2n) is 4.47. The van der Waals surface area contributed by atoms with Crippen molar-refractivity contribution in [3.05, 3.63) is 17.7 Å². The number of hydrogen-bond acceptors (Lipinski definition) is 6. The maximum Gasteiger partial charge on any atom is 0.200 e. The summed E-state index contributed by atoms with van der Waals surface area (Å²) in [5.41, 5.74) is 3.39. The van der Waals surface area contributed by atoms with Gasteiger partial charge in [0, 0.05) is 18.7 Å². The van der Waals surface area contributed by atoms with E-state index < -0.39 is 0 Å². The summed E-state index contributed by atoms with van der Waals surface area (Å²) in [6.45, 7) is 2.48. The molecule has 8 heteroatoms. The molecule has 0 saturated heterocycles. The maximum atomic E-state index is 9.82. The molecule has 22 heavy (non-hydrogen) atoms. The summed E-state index contributed by atoms with van der Waals surface area (Å²) in [6, 6.07) is 3.34. The van der Waals surface area contributed by atoms with E-state index in [1.54, 1.807) is 25.5 Å². The monoisotopic (exact) mass is 327 g/mol. The quantitative estimate of drug-likeness (QED) is 0.395. The number of aromatic hydroxyl groups is 1. The minimum Gasteiger partial charge on any atom is -0.502 e. The molecular weight excluding hydrogens is 306 g/mol. The molecule has 0 aliphatic rings. The molecule has 0 heterocycles. The van der Waals surface area contributed by atoms with Crippen molar-refractivity contribution in [2.75, 3.05) is 27.9 Å². The Balaban J connectivity index is 2.68. The Morgan fingerprint density at radius 3 is 2.41 bits per heavy atom. The molecule has 1 aromatic rings. The van der Waals surface area contributed by atoms with Crippen molar-refractivity contribution < 1.29 is 19.3 Å². The average molecular weight is 327 g/mol. The first-order chi connectivity index (χ1) is 10.5. The minimum atomic E-state index is -0.0549. The maximum absolute atomic E-state index is 9.82. The van der Waals surface area contributed by atoms with Gasteiger partial charge in [0.25, 0.3) is 0 Å². The van der Waals surface area contributed by atoms with E-state index in [0.717, 1.165) is 0 Å². The molecule has 0 aliphatic carbocycles. The van der Waals surface area contributed by atoms with Crippen LogP contribution in [0.3, 0.4) is 0 Å². The lowest BCUT2D eigenvalue weighted by Crippen LogP contribution is -2.40. The lowest BCUT2D eigenvalue weighted by Gasteiger charge is -2.13. The number of hydrazone groups is 1. The van der Waals surface area contributed by atoms with Gasteiger partial charge in [-0.15, -0.1) is 0 Å². The number of benzene rings is 1. The summed E-state index contributed by atoms with van der Waals surface area (Å²) >= 11 is 5.10. The summed E-state index contributed by atoms with van der Waals surface area (Å²) in [6.07, 6.45) is 1.54. The van der Waals surface area contributed by atoms with Crippen LogP contribution in [0.4, 0.5) is 0 Å². The number of methoxy groups -OCH3 is 3. The number of phenols is 1. The van der Waals surface area contributed by atoms with E-state index in [-0.39, 0.29) is 11.8 Å². The number of thiocarbonyl (C=S) groups is 1. The largest absolute Gasteiger partial charge is 0.502 e. The van der Waals surface area contributed by atoms with Crippen LogP contribution in [0.15, 0.2) is 17.2 Å². The Kier molecular flexibility index (Phi) is 7.41. The van der Waals surface area contributed by atoms with Crippen molar-refractivity contribution in [2.24, 2.45) is 5.10 Å². The van der Waals surface area contributed by atoms with Gasteiger partial charge < -0.3 is 24.6 Å². The third-order valence-electron chi connectivity index (χ3n) is 2.68. The molecule has 1 rings (SSSR count). The third-order valence-corrected chi connectivity index (χ3v) is 2.89. The van der Waals surface area contributed by atoms with Gasteiger partial charge >= 0.3 is 0 Å². The third kappa shape index (κ3) is 5.38. The van der Waals surface area contributed by atoms with Gasteiger partial charge in [0.2, 0.25) is 5.75 Å². The minimum absolute atomic E-state index is 0.0549. The van der Waals surface area contributed by atoms with Crippen LogP contribution in [0, 0.1) is 0 Å². The molecule has 0 fully saturated rings. The van der Waals surface area contributed by atoms with E-state index in [9.17, 15) is 5.11 Å². The van der Waals surface area contributed by atoms with E-state index >= 15 is 0 Å². The molecular formula is C14H21N3O4S. The molecule has 122 valence electrons. The van der Waals surface area contributed by atoms with Crippen molar-refractivity contribution in [3.63, 3.8) is 0 Å². The molecule has 0 bridgehead atoms. The van der Waals surface area contributed by atoms with Gasteiger partial charge in [-0.1, -0.05) is 0 Å². The van der Waals surface area contributed by atoms with Crippen LogP contribution in [0.5, 0.6) is 17.2 Å². The van der Waals surface area contributed by atoms with E-state index in [2.05, 4.69) is 15.8 Å². The van der Waals surface area contributed by atoms with Gasteiger partial charge in [0.1, 0.15) is 0 Å². The molecule has 3 N–H and O–H groups in total. The van der Waals surface area contributed by atoms with Crippen molar-refractivity contribution in [3.8, 4) is 17.2 Å². The van der Waals surface area contributed by atoms with E-state index in [1.165, 1.54) is 14.2 Å². The number of nitrogens with zero attached hydrogens (tertiary/aromatic N) is 1. The van der Waals surface area contributed by atoms with Crippen LogP contribution in [0.2, 0.25) is 0 Å². The fourth-order valence-electron chi connectivity index (χ4n) is 1.70. The number of ether oxygens (including phenoxy) is 3. The van der Waals surface area contributed by atoms with Crippen LogP contribution in [0.25, 0.3) is 0 Å². The second kappa shape index (κ2) is 9.06. The van der Waals surface area contributed by atoms with Crippen molar-refractivity contribution in [1.29, 1.82) is 0 Å². The molecule has 1 aromatic carbocycles. The topological polar surface area (TPSA) is 84.3 Å². The normalized spacial score (nSPS) is 12.0. The summed E-state index contributed by atoms with van der Waals surface area (Å²) in [7, 11) is 4.55. The summed E-state index contributed by atoms with van der Waals surface area (Å²) in [5, 5.41) is 17.2. The molecule has 0 aromatic heterocycles. The SMILES string of the molecule is COC[C@@H](C)NC(=S)N/N=C/c1cc(OC)c(O)c(OC)c1. The second-order valence-corrected chi connectivity index (χ2v) is 4.88. The average Bonchev–Trinajstić information content (AvgIpc) is 2.48. The summed E-state index contributed by atoms with van der Waals surface area (Å²) in [4.78, 5) is 0. The van der Waals surface area contributed by atoms with Crippen LogP contribution in [-0.2, 0) is 4.74 Å². The predicted molar refractivity (Wildman–Crippen MR) is 89.0 cm³/mol. The highest BCUT2D eigenvalue weighted by molar-refractivity contribution is 7.80. The zero-order valence-corrected chi connectivity index (χ0v) is 13.9. The summed E-state index contributed by atoms with van der Waals surface area (Å²) < 4.78 is 15.1. The lowest BCUT2D eigenvalue weighted by molar-refractivity contribution is 0.179. The van der Waals surface area contributed by atoms with Gasteiger partial charge in [-0.2, -0.15) is 5.10 Å². The number of rotatable bonds is 7. The highest BCUT2D eigenvalue weighted by atomic mass is 32.1. The van der Waals surface area contributed by atoms with Crippen molar-refractivity contribution in [2.45, 2.75) is 13.0 Å². The molecule has 0 unspecified atom stereocenters. The highest BCUT2D eigenvalue weighted by Gasteiger charge is 2.10. The zero-order chi connectivity index (χ0) is 16.5. The molecule has 0 saturated carbocycles. The first-order valence-corrected chi connectivity index (χ1v) is 6.96. The number of nitrogens with one attached hydrogen (secondary N) is 2. The number of phenolic OH excluding ortho intramolecular Hbond substituents is 1. The standard InChI is InChI=1S/C14H21N3O4S/c1-9(8-19-2)16-14(22)17-15-7-10-5-11(20-3)13(18)12(6-10)21-4/h5-7,9,18H,8H2,1-4H3,(H2,16,17,22)/b15-7+/t9-/m1/s1. The zero-order valence-electron chi connectivity index (χ0n) is 13.0. The fraction of sp³-hybridized carbons (Fsp3) is 0.429. The fourth-order valence-corrected chi connectivity index (χ4v) is 1.96. The van der Waals surface area contributed by atoms with Gasteiger partial charge in [-0.05, 0) is 31.3 Å². The molecule has 0 radical (unpaired) electrons. The van der Waals surface area contributed by atoms with Gasteiger partial charge in [-0.25, -0.2) is 0 Å². The first kappa shape index (κ1) is 18.0. The number of hydrogen-bond donors (Lipinski definition) is 3. The predicted octanol–water partition coefficient (Wildman–Crippen LogP) is 1.24. The van der Waals surface area contributed by atoms with Gasteiger partial charge in [-0.3, -0.25) is 5.43 Å². The van der Waals surface area contributed by atoms with Crippen LogP contribution in [-0.4, -0.2) is 50.4 Å². The smallest absolute Gasteiger partial charge is 0.200 e. The Labute approximate surface area is 135 Å². The Morgan fingerprint density at radius 2 is 1.91 bits per heavy atom. The molecule has 1 atom stereocenters. The Bertz CT molecular complexity index is 512.